The summed E-state index contributed by atoms with van der Waals surface area (Å²) in [5.74, 6) is 1.07. The van der Waals surface area contributed by atoms with Crippen LogP contribution in [0.4, 0.5) is 10.1 Å². The monoisotopic (exact) mass is 341 g/mol. The van der Waals surface area contributed by atoms with Gasteiger partial charge in [-0.05, 0) is 37.1 Å². The van der Waals surface area contributed by atoms with Crippen LogP contribution in [0.15, 0.2) is 48.5 Å². The Morgan fingerprint density at radius 2 is 1.96 bits per heavy atom. The lowest BCUT2D eigenvalue weighted by Gasteiger charge is -2.25. The molecule has 0 amide bonds. The fourth-order valence-corrected chi connectivity index (χ4v) is 3.92. The molecule has 2 aromatic rings. The van der Waals surface area contributed by atoms with E-state index in [1.807, 2.05) is 34.9 Å². The van der Waals surface area contributed by atoms with E-state index in [0.29, 0.717) is 17.9 Å². The summed E-state index contributed by atoms with van der Waals surface area (Å²) in [4.78, 5) is 2.11. The number of hydrogen-bond donors (Lipinski definition) is 1. The van der Waals surface area contributed by atoms with Crippen molar-refractivity contribution in [1.29, 1.82) is 0 Å². The number of amidine groups is 1. The first-order chi connectivity index (χ1) is 12.1. The van der Waals surface area contributed by atoms with Crippen LogP contribution in [0, 0.1) is 5.82 Å². The standard InChI is InChI=1S/C20H22FN2O2/c1-25-16-10-11-17(18(21)13-16)20(24)14-22(15-7-3-2-4-8-15)19-9-5-6-12-23(19)20/h2-4,7-8,10-11,13,24H,5-6,9,12,14H2,1H3/q+1. The van der Waals surface area contributed by atoms with E-state index in [-0.39, 0.29) is 0 Å². The summed E-state index contributed by atoms with van der Waals surface area (Å²) in [5.41, 5.74) is -0.0533. The van der Waals surface area contributed by atoms with E-state index in [1.54, 1.807) is 12.1 Å². The highest BCUT2D eigenvalue weighted by Gasteiger charge is 2.53. The molecule has 2 aliphatic heterocycles. The van der Waals surface area contributed by atoms with E-state index in [4.69, 9.17) is 4.74 Å². The lowest BCUT2D eigenvalue weighted by molar-refractivity contribution is -0.661. The molecule has 1 N–H and O–H groups in total. The molecule has 0 spiro atoms. The maximum absolute atomic E-state index is 14.7. The van der Waals surface area contributed by atoms with Crippen LogP contribution in [0.3, 0.4) is 0 Å². The van der Waals surface area contributed by atoms with Crippen LogP contribution < -0.4 is 9.64 Å². The highest BCUT2D eigenvalue weighted by Crippen LogP contribution is 2.37. The number of methoxy groups -OCH3 is 1. The molecule has 130 valence electrons. The number of para-hydroxylation sites is 1. The number of β-amino-alcohol motifs (C(OH)–C–C–N with tert-alkyl or cyclic N) is 1. The summed E-state index contributed by atoms with van der Waals surface area (Å²) in [6.07, 6.45) is 2.96. The molecule has 0 bridgehead atoms. The second-order valence-corrected chi connectivity index (χ2v) is 6.61. The molecule has 2 heterocycles. The fourth-order valence-electron chi connectivity index (χ4n) is 3.92. The molecule has 2 aromatic carbocycles. The number of ether oxygens (including phenoxy) is 1. The van der Waals surface area contributed by atoms with E-state index in [9.17, 15) is 9.50 Å². The SMILES string of the molecule is COc1ccc(C2(O)CN(c3ccccc3)C3=[N+]2CCCC3)c(F)c1. The van der Waals surface area contributed by atoms with Gasteiger partial charge in [0, 0.05) is 12.5 Å². The van der Waals surface area contributed by atoms with Crippen molar-refractivity contribution >= 4 is 11.5 Å². The van der Waals surface area contributed by atoms with Crippen molar-refractivity contribution in [2.45, 2.75) is 25.0 Å². The molecule has 5 heteroatoms. The Labute approximate surface area is 146 Å². The zero-order valence-corrected chi connectivity index (χ0v) is 14.3. The maximum Gasteiger partial charge on any atom is 0.273 e. The van der Waals surface area contributed by atoms with Crippen molar-refractivity contribution in [2.75, 3.05) is 25.1 Å². The molecule has 1 unspecified atom stereocenters. The normalized spacial score (nSPS) is 22.9. The number of rotatable bonds is 3. The number of hydrogen-bond acceptors (Lipinski definition) is 3. The number of nitrogens with zero attached hydrogens (tertiary/aromatic N) is 2. The van der Waals surface area contributed by atoms with Gasteiger partial charge in [-0.2, -0.15) is 0 Å². The van der Waals surface area contributed by atoms with E-state index in [2.05, 4.69) is 4.90 Å². The minimum atomic E-state index is -1.37. The number of aliphatic hydroxyl groups is 1. The van der Waals surface area contributed by atoms with Gasteiger partial charge < -0.3 is 9.84 Å². The molecule has 25 heavy (non-hydrogen) atoms. The van der Waals surface area contributed by atoms with Crippen LogP contribution in [0.25, 0.3) is 0 Å². The Morgan fingerprint density at radius 1 is 1.16 bits per heavy atom. The zero-order valence-electron chi connectivity index (χ0n) is 14.3. The van der Waals surface area contributed by atoms with Gasteiger partial charge in [0.15, 0.2) is 6.54 Å². The molecule has 0 radical (unpaired) electrons. The Morgan fingerprint density at radius 3 is 2.68 bits per heavy atom. The third-order valence-corrected chi connectivity index (χ3v) is 5.16. The molecule has 0 aromatic heterocycles. The molecular weight excluding hydrogens is 319 g/mol. The van der Waals surface area contributed by atoms with Crippen molar-refractivity contribution in [3.05, 3.63) is 59.9 Å². The first kappa shape index (κ1) is 16.1. The first-order valence-electron chi connectivity index (χ1n) is 8.66. The van der Waals surface area contributed by atoms with Gasteiger partial charge in [0.05, 0.1) is 19.2 Å². The Kier molecular flexibility index (Phi) is 3.96. The van der Waals surface area contributed by atoms with Crippen molar-refractivity contribution in [3.8, 4) is 5.75 Å². The van der Waals surface area contributed by atoms with E-state index in [0.717, 1.165) is 37.3 Å². The number of benzene rings is 2. The molecule has 0 fully saturated rings. The summed E-state index contributed by atoms with van der Waals surface area (Å²) >= 11 is 0. The van der Waals surface area contributed by atoms with Gasteiger partial charge >= 0.3 is 0 Å². The Hall–Kier alpha value is -2.40. The second-order valence-electron chi connectivity index (χ2n) is 6.61. The third-order valence-electron chi connectivity index (χ3n) is 5.16. The summed E-state index contributed by atoms with van der Waals surface area (Å²) in [5, 5.41) is 11.5. The zero-order chi connectivity index (χ0) is 17.4. The minimum Gasteiger partial charge on any atom is -0.497 e. The molecule has 1 atom stereocenters. The van der Waals surface area contributed by atoms with E-state index in [1.165, 1.54) is 13.2 Å². The summed E-state index contributed by atoms with van der Waals surface area (Å²) in [6.45, 7) is 1.04. The molecule has 4 rings (SSSR count). The lowest BCUT2D eigenvalue weighted by Crippen LogP contribution is -2.42. The van der Waals surface area contributed by atoms with E-state index >= 15 is 0 Å². The highest BCUT2D eigenvalue weighted by atomic mass is 19.1. The van der Waals surface area contributed by atoms with Gasteiger partial charge in [0.25, 0.3) is 11.6 Å². The van der Waals surface area contributed by atoms with Gasteiger partial charge in [-0.1, -0.05) is 18.2 Å². The van der Waals surface area contributed by atoms with Gasteiger partial charge in [-0.25, -0.2) is 13.9 Å². The predicted octanol–water partition coefficient (Wildman–Crippen LogP) is 3.09. The largest absolute Gasteiger partial charge is 0.497 e. The molecule has 0 saturated carbocycles. The smallest absolute Gasteiger partial charge is 0.273 e. The van der Waals surface area contributed by atoms with Crippen molar-refractivity contribution < 1.29 is 18.8 Å². The molecular formula is C20H22FN2O2+. The van der Waals surface area contributed by atoms with Crippen molar-refractivity contribution in [2.24, 2.45) is 0 Å². The summed E-state index contributed by atoms with van der Waals surface area (Å²) in [7, 11) is 1.51. The average Bonchev–Trinajstić information content (AvgIpc) is 2.96. The fraction of sp³-hybridized carbons (Fsp3) is 0.350. The van der Waals surface area contributed by atoms with Crippen LogP contribution >= 0.6 is 0 Å². The summed E-state index contributed by atoms with van der Waals surface area (Å²) < 4.78 is 21.8. The molecule has 0 aliphatic carbocycles. The van der Waals surface area contributed by atoms with Gasteiger partial charge in [-0.15, -0.1) is 0 Å². The minimum absolute atomic E-state index is 0.297. The van der Waals surface area contributed by atoms with Gasteiger partial charge in [0.1, 0.15) is 17.3 Å². The Balaban J connectivity index is 1.81. The summed E-state index contributed by atoms with van der Waals surface area (Å²) in [6, 6.07) is 14.6. The van der Waals surface area contributed by atoms with Gasteiger partial charge in [-0.3, -0.25) is 0 Å². The van der Waals surface area contributed by atoms with Crippen LogP contribution in [-0.4, -0.2) is 35.7 Å². The number of anilines is 1. The lowest BCUT2D eigenvalue weighted by atomic mass is 10.0. The molecule has 0 saturated heterocycles. The number of halogens is 1. The van der Waals surface area contributed by atoms with Crippen LogP contribution in [0.5, 0.6) is 5.75 Å². The average molecular weight is 341 g/mol. The molecule has 4 nitrogen and oxygen atoms in total. The van der Waals surface area contributed by atoms with Crippen molar-refractivity contribution in [1.82, 2.24) is 0 Å². The highest BCUT2D eigenvalue weighted by molar-refractivity contribution is 5.96. The Bertz CT molecular complexity index is 822. The first-order valence-corrected chi connectivity index (χ1v) is 8.66. The maximum atomic E-state index is 14.7. The third kappa shape index (κ3) is 2.59. The van der Waals surface area contributed by atoms with Gasteiger partial charge in [0.2, 0.25) is 0 Å². The van der Waals surface area contributed by atoms with Crippen LogP contribution in [0.1, 0.15) is 24.8 Å². The molecule has 2 aliphatic rings. The van der Waals surface area contributed by atoms with Crippen LogP contribution in [0.2, 0.25) is 0 Å². The quantitative estimate of drug-likeness (QED) is 0.872. The second kappa shape index (κ2) is 6.15. The van der Waals surface area contributed by atoms with Crippen LogP contribution in [-0.2, 0) is 5.72 Å². The predicted molar refractivity (Wildman–Crippen MR) is 94.6 cm³/mol. The topological polar surface area (TPSA) is 35.7 Å². The van der Waals surface area contributed by atoms with E-state index < -0.39 is 11.5 Å². The van der Waals surface area contributed by atoms with Crippen molar-refractivity contribution in [3.63, 3.8) is 0 Å².